The molecule has 0 fully saturated rings. The van der Waals surface area contributed by atoms with Gasteiger partial charge in [0.1, 0.15) is 12.7 Å². The monoisotopic (exact) mass is 443 g/mol. The van der Waals surface area contributed by atoms with E-state index < -0.39 is 6.10 Å². The van der Waals surface area contributed by atoms with Crippen LogP contribution in [0.2, 0.25) is 0 Å². The Bertz CT molecular complexity index is 411. The van der Waals surface area contributed by atoms with Crippen molar-refractivity contribution in [3.63, 3.8) is 0 Å². The number of ether oxygens (including phenoxy) is 1. The average Bonchev–Trinajstić information content (AvgIpc) is 2.75. The van der Waals surface area contributed by atoms with E-state index in [1.807, 2.05) is 0 Å². The molecule has 0 saturated heterocycles. The van der Waals surface area contributed by atoms with Gasteiger partial charge < -0.3 is 20.1 Å². The summed E-state index contributed by atoms with van der Waals surface area (Å²) in [6, 6.07) is 0. The van der Waals surface area contributed by atoms with Crippen LogP contribution in [-0.2, 0) is 9.53 Å². The Morgan fingerprint density at radius 2 is 1.35 bits per heavy atom. The largest absolute Gasteiger partial charge is 0.463 e. The summed E-state index contributed by atoms with van der Waals surface area (Å²) in [5.74, 6) is -0.271. The second-order valence-corrected chi connectivity index (χ2v) is 8.42. The average molecular weight is 444 g/mol. The number of aliphatic hydroxyl groups is 3. The van der Waals surface area contributed by atoms with Gasteiger partial charge in [0.25, 0.3) is 0 Å². The number of hydrogen-bond acceptors (Lipinski definition) is 6. The van der Waals surface area contributed by atoms with Gasteiger partial charge >= 0.3 is 5.97 Å². The van der Waals surface area contributed by atoms with E-state index in [0.717, 1.165) is 25.7 Å². The van der Waals surface area contributed by atoms with Crippen molar-refractivity contribution in [2.45, 2.75) is 103 Å². The fourth-order valence-corrected chi connectivity index (χ4v) is 3.53. The summed E-state index contributed by atoms with van der Waals surface area (Å²) in [6.45, 7) is 3.15. The molecular formula is C25H49NO5. The van der Waals surface area contributed by atoms with Crippen LogP contribution >= 0.6 is 0 Å². The first-order valence-electron chi connectivity index (χ1n) is 12.6. The van der Waals surface area contributed by atoms with Crippen LogP contribution in [0, 0.1) is 0 Å². The summed E-state index contributed by atoms with van der Waals surface area (Å²) in [6.07, 6.45) is 20.1. The molecule has 0 saturated carbocycles. The predicted octanol–water partition coefficient (Wildman–Crippen LogP) is 4.21. The van der Waals surface area contributed by atoms with Gasteiger partial charge in [0, 0.05) is 26.1 Å². The summed E-state index contributed by atoms with van der Waals surface area (Å²) in [4.78, 5) is 13.5. The first-order chi connectivity index (χ1) is 15.1. The maximum atomic E-state index is 11.8. The number of aliphatic hydroxyl groups excluding tert-OH is 3. The fourth-order valence-electron chi connectivity index (χ4n) is 3.53. The van der Waals surface area contributed by atoms with Gasteiger partial charge in [0.2, 0.25) is 0 Å². The van der Waals surface area contributed by atoms with E-state index in [0.29, 0.717) is 19.5 Å². The van der Waals surface area contributed by atoms with Gasteiger partial charge in [0.15, 0.2) is 0 Å². The molecule has 0 aliphatic carbocycles. The maximum Gasteiger partial charge on any atom is 0.305 e. The summed E-state index contributed by atoms with van der Waals surface area (Å²) in [5, 5.41) is 27.9. The first kappa shape index (κ1) is 30.0. The fraction of sp³-hybridized carbons (Fsp3) is 0.880. The summed E-state index contributed by atoms with van der Waals surface area (Å²) >= 11 is 0. The third kappa shape index (κ3) is 22.0. The molecule has 0 aromatic rings. The predicted molar refractivity (Wildman–Crippen MR) is 127 cm³/mol. The smallest absolute Gasteiger partial charge is 0.305 e. The Labute approximate surface area is 190 Å². The highest BCUT2D eigenvalue weighted by molar-refractivity contribution is 5.69. The Kier molecular flexibility index (Phi) is 23.0. The highest BCUT2D eigenvalue weighted by Gasteiger charge is 2.13. The molecule has 0 heterocycles. The first-order valence-corrected chi connectivity index (χ1v) is 12.6. The van der Waals surface area contributed by atoms with Gasteiger partial charge in [-0.25, -0.2) is 0 Å². The van der Waals surface area contributed by atoms with E-state index in [1.165, 1.54) is 57.8 Å². The molecular weight excluding hydrogens is 394 g/mol. The number of allylic oxidation sites excluding steroid dienone is 2. The quantitative estimate of drug-likeness (QED) is 0.124. The number of carbonyl (C=O) groups is 1. The number of hydrogen-bond donors (Lipinski definition) is 3. The molecule has 0 spiro atoms. The topological polar surface area (TPSA) is 90.2 Å². The van der Waals surface area contributed by atoms with Crippen LogP contribution in [-0.4, -0.2) is 71.7 Å². The molecule has 6 heteroatoms. The highest BCUT2D eigenvalue weighted by Crippen LogP contribution is 2.10. The van der Waals surface area contributed by atoms with Gasteiger partial charge in [-0.05, 0) is 32.1 Å². The van der Waals surface area contributed by atoms with Crippen molar-refractivity contribution in [2.24, 2.45) is 0 Å². The Morgan fingerprint density at radius 3 is 1.90 bits per heavy atom. The van der Waals surface area contributed by atoms with Gasteiger partial charge in [-0.2, -0.15) is 0 Å². The highest BCUT2D eigenvalue weighted by atomic mass is 16.5. The molecule has 0 aliphatic heterocycles. The van der Waals surface area contributed by atoms with Crippen molar-refractivity contribution in [3.05, 3.63) is 12.2 Å². The van der Waals surface area contributed by atoms with Crippen molar-refractivity contribution in [1.82, 2.24) is 4.90 Å². The Morgan fingerprint density at radius 1 is 0.839 bits per heavy atom. The third-order valence-electron chi connectivity index (χ3n) is 5.38. The van der Waals surface area contributed by atoms with Crippen molar-refractivity contribution < 1.29 is 24.9 Å². The molecule has 0 bridgehead atoms. The van der Waals surface area contributed by atoms with Crippen molar-refractivity contribution in [3.8, 4) is 0 Å². The van der Waals surface area contributed by atoms with Crippen LogP contribution in [0.15, 0.2) is 12.2 Å². The van der Waals surface area contributed by atoms with Crippen LogP contribution in [0.5, 0.6) is 0 Å². The van der Waals surface area contributed by atoms with E-state index in [-0.39, 0.29) is 32.3 Å². The number of unbranched alkanes of at least 4 members (excludes halogenated alkanes) is 11. The van der Waals surface area contributed by atoms with Crippen LogP contribution in [0.1, 0.15) is 96.8 Å². The van der Waals surface area contributed by atoms with Crippen molar-refractivity contribution in [1.29, 1.82) is 0 Å². The second kappa shape index (κ2) is 23.7. The molecule has 0 aromatic heterocycles. The normalized spacial score (nSPS) is 12.7. The van der Waals surface area contributed by atoms with E-state index in [1.54, 1.807) is 4.90 Å². The molecule has 6 nitrogen and oxygen atoms in total. The zero-order valence-corrected chi connectivity index (χ0v) is 20.0. The zero-order valence-electron chi connectivity index (χ0n) is 20.0. The molecule has 0 radical (unpaired) electrons. The van der Waals surface area contributed by atoms with Crippen LogP contribution in [0.25, 0.3) is 0 Å². The molecule has 1 atom stereocenters. The van der Waals surface area contributed by atoms with E-state index in [2.05, 4.69) is 19.1 Å². The Balaban J connectivity index is 3.48. The number of nitrogens with zero attached hydrogens (tertiary/aromatic N) is 1. The Hall–Kier alpha value is -0.950. The standard InChI is InChI=1S/C25H49NO5/c1-2-3-4-5-6-7-8-9-10-11-12-13-14-15-16-17-25(30)31-23-24(29)22-26(18-20-27)19-21-28/h9-10,24,27-29H,2-8,11-23H2,1H3/b10-9-. The minimum atomic E-state index is -0.809. The second-order valence-electron chi connectivity index (χ2n) is 8.42. The van der Waals surface area contributed by atoms with E-state index in [9.17, 15) is 9.90 Å². The van der Waals surface area contributed by atoms with E-state index in [4.69, 9.17) is 14.9 Å². The molecule has 0 aliphatic rings. The van der Waals surface area contributed by atoms with Crippen molar-refractivity contribution >= 4 is 5.97 Å². The molecule has 0 aromatic carbocycles. The molecule has 184 valence electrons. The van der Waals surface area contributed by atoms with Crippen LogP contribution < -0.4 is 0 Å². The third-order valence-corrected chi connectivity index (χ3v) is 5.38. The van der Waals surface area contributed by atoms with E-state index >= 15 is 0 Å². The lowest BCUT2D eigenvalue weighted by Crippen LogP contribution is -2.38. The maximum absolute atomic E-state index is 11.8. The minimum absolute atomic E-state index is 0.0397. The van der Waals surface area contributed by atoms with Gasteiger partial charge in [-0.3, -0.25) is 9.69 Å². The lowest BCUT2D eigenvalue weighted by atomic mass is 10.1. The molecule has 3 N–H and O–H groups in total. The number of carbonyl (C=O) groups excluding carboxylic acids is 1. The molecule has 0 amide bonds. The summed E-state index contributed by atoms with van der Waals surface area (Å²) in [5.41, 5.74) is 0. The van der Waals surface area contributed by atoms with Gasteiger partial charge in [0.05, 0.1) is 13.2 Å². The van der Waals surface area contributed by atoms with Crippen LogP contribution in [0.3, 0.4) is 0 Å². The minimum Gasteiger partial charge on any atom is -0.463 e. The molecule has 31 heavy (non-hydrogen) atoms. The SMILES string of the molecule is CCCCCCCC/C=C\CCCCCCCC(=O)OCC(O)CN(CCO)CCO. The molecule has 0 rings (SSSR count). The molecule has 1 unspecified atom stereocenters. The summed E-state index contributed by atoms with van der Waals surface area (Å²) < 4.78 is 5.13. The lowest BCUT2D eigenvalue weighted by Gasteiger charge is -2.23. The van der Waals surface area contributed by atoms with Crippen molar-refractivity contribution in [2.75, 3.05) is 39.5 Å². The van der Waals surface area contributed by atoms with Gasteiger partial charge in [-0.1, -0.05) is 70.4 Å². The zero-order chi connectivity index (χ0) is 23.0. The van der Waals surface area contributed by atoms with Crippen LogP contribution in [0.4, 0.5) is 0 Å². The number of rotatable bonds is 23. The number of esters is 1. The van der Waals surface area contributed by atoms with Gasteiger partial charge in [-0.15, -0.1) is 0 Å². The lowest BCUT2D eigenvalue weighted by molar-refractivity contribution is -0.147. The summed E-state index contributed by atoms with van der Waals surface area (Å²) in [7, 11) is 0.